The highest BCUT2D eigenvalue weighted by atomic mass is 16.5. The first-order chi connectivity index (χ1) is 17.6. The van der Waals surface area contributed by atoms with Gasteiger partial charge in [0.1, 0.15) is 11.5 Å². The number of ether oxygens (including phenoxy) is 2. The quantitative estimate of drug-likeness (QED) is 0.485. The van der Waals surface area contributed by atoms with Crippen LogP contribution in [0, 0.1) is 0 Å². The maximum atomic E-state index is 5.51. The Labute approximate surface area is 215 Å². The molecule has 3 aromatic rings. The zero-order valence-corrected chi connectivity index (χ0v) is 21.8. The Kier molecular flexibility index (Phi) is 7.78. The number of nitrogens with one attached hydrogen (secondary N) is 1. The molecule has 1 N–H and O–H groups in total. The van der Waals surface area contributed by atoms with Gasteiger partial charge in [0.05, 0.1) is 31.5 Å². The summed E-state index contributed by atoms with van der Waals surface area (Å²) in [6, 6.07) is 17.8. The van der Waals surface area contributed by atoms with Gasteiger partial charge in [0, 0.05) is 56.2 Å². The largest absolute Gasteiger partial charge is 0.496 e. The lowest BCUT2D eigenvalue weighted by molar-refractivity contribution is 0.0811. The zero-order valence-electron chi connectivity index (χ0n) is 21.8. The van der Waals surface area contributed by atoms with E-state index in [9.17, 15) is 0 Å². The SMILES string of the molecule is COc1cccc(OC)c1CNc1ccc(-c2ccn(C3CCC(N4CCN(C)CC4)CC3)n2)cc1. The molecule has 5 rings (SSSR count). The minimum atomic E-state index is 0.513. The van der Waals surface area contributed by atoms with Gasteiger partial charge in [0.15, 0.2) is 0 Å². The zero-order chi connectivity index (χ0) is 24.9. The van der Waals surface area contributed by atoms with E-state index < -0.39 is 0 Å². The molecule has 0 unspecified atom stereocenters. The van der Waals surface area contributed by atoms with Gasteiger partial charge in [0.2, 0.25) is 0 Å². The standard InChI is InChI=1S/C29H39N5O2/c1-32-17-19-33(20-18-32)24-11-13-25(14-12-24)34-16-15-27(31-34)22-7-9-23(10-8-22)30-21-26-28(35-2)5-4-6-29(26)36-3/h4-10,15-16,24-25,30H,11-14,17-21H2,1-3H3. The lowest BCUT2D eigenvalue weighted by Gasteiger charge is -2.41. The van der Waals surface area contributed by atoms with Gasteiger partial charge in [-0.1, -0.05) is 18.2 Å². The first-order valence-electron chi connectivity index (χ1n) is 13.2. The molecule has 1 saturated heterocycles. The molecule has 0 spiro atoms. The molecule has 2 fully saturated rings. The van der Waals surface area contributed by atoms with Gasteiger partial charge in [-0.2, -0.15) is 5.10 Å². The Hall–Kier alpha value is -3.03. The average molecular weight is 490 g/mol. The fraction of sp³-hybridized carbons (Fsp3) is 0.483. The second-order valence-corrected chi connectivity index (χ2v) is 10.1. The number of hydrogen-bond donors (Lipinski definition) is 1. The average Bonchev–Trinajstić information content (AvgIpc) is 3.43. The van der Waals surface area contributed by atoms with Gasteiger partial charge in [-0.3, -0.25) is 9.58 Å². The minimum Gasteiger partial charge on any atom is -0.496 e. The summed E-state index contributed by atoms with van der Waals surface area (Å²) < 4.78 is 13.2. The minimum absolute atomic E-state index is 0.513. The summed E-state index contributed by atoms with van der Waals surface area (Å²) in [5.74, 6) is 1.64. The predicted octanol–water partition coefficient (Wildman–Crippen LogP) is 4.91. The summed E-state index contributed by atoms with van der Waals surface area (Å²) in [7, 11) is 5.60. The van der Waals surface area contributed by atoms with E-state index in [0.717, 1.165) is 40.0 Å². The van der Waals surface area contributed by atoms with Crippen molar-refractivity contribution in [3.05, 3.63) is 60.3 Å². The van der Waals surface area contributed by atoms with E-state index in [0.29, 0.717) is 12.6 Å². The molecule has 7 heteroatoms. The van der Waals surface area contributed by atoms with Crippen LogP contribution in [-0.4, -0.2) is 73.1 Å². The smallest absolute Gasteiger partial charge is 0.127 e. The van der Waals surface area contributed by atoms with Crippen LogP contribution in [0.3, 0.4) is 0 Å². The molecule has 1 aliphatic carbocycles. The molecule has 36 heavy (non-hydrogen) atoms. The van der Waals surface area contributed by atoms with Crippen molar-refractivity contribution in [3.63, 3.8) is 0 Å². The molecule has 0 bridgehead atoms. The van der Waals surface area contributed by atoms with E-state index in [1.54, 1.807) is 14.2 Å². The van der Waals surface area contributed by atoms with Crippen molar-refractivity contribution in [2.75, 3.05) is 52.8 Å². The Morgan fingerprint density at radius 2 is 1.47 bits per heavy atom. The van der Waals surface area contributed by atoms with E-state index in [2.05, 4.69) is 63.4 Å². The topological polar surface area (TPSA) is 54.8 Å². The van der Waals surface area contributed by atoms with Crippen LogP contribution in [-0.2, 0) is 6.54 Å². The molecule has 192 valence electrons. The van der Waals surface area contributed by atoms with E-state index in [1.807, 2.05) is 18.2 Å². The molecular formula is C29H39N5O2. The second kappa shape index (κ2) is 11.4. The fourth-order valence-electron chi connectivity index (χ4n) is 5.62. The molecule has 2 aromatic carbocycles. The summed E-state index contributed by atoms with van der Waals surface area (Å²) in [4.78, 5) is 5.15. The van der Waals surface area contributed by atoms with Crippen LogP contribution < -0.4 is 14.8 Å². The lowest BCUT2D eigenvalue weighted by Crippen LogP contribution is -2.49. The first-order valence-corrected chi connectivity index (χ1v) is 13.2. The predicted molar refractivity (Wildman–Crippen MR) is 145 cm³/mol. The Morgan fingerprint density at radius 3 is 2.11 bits per heavy atom. The molecule has 1 aliphatic heterocycles. The fourth-order valence-corrected chi connectivity index (χ4v) is 5.62. The van der Waals surface area contributed by atoms with Crippen molar-refractivity contribution in [2.24, 2.45) is 0 Å². The molecule has 7 nitrogen and oxygen atoms in total. The van der Waals surface area contributed by atoms with Crippen molar-refractivity contribution in [1.82, 2.24) is 19.6 Å². The summed E-state index contributed by atoms with van der Waals surface area (Å²) in [5.41, 5.74) is 4.23. The van der Waals surface area contributed by atoms with Crippen LogP contribution in [0.1, 0.15) is 37.3 Å². The molecular weight excluding hydrogens is 450 g/mol. The Morgan fingerprint density at radius 1 is 0.833 bits per heavy atom. The second-order valence-electron chi connectivity index (χ2n) is 10.1. The first kappa shape index (κ1) is 24.7. The third-order valence-corrected chi connectivity index (χ3v) is 7.88. The summed E-state index contributed by atoms with van der Waals surface area (Å²) in [6.07, 6.45) is 7.15. The molecule has 0 radical (unpaired) electrons. The number of rotatable bonds is 8. The van der Waals surface area contributed by atoms with Crippen molar-refractivity contribution in [2.45, 2.75) is 44.3 Å². The van der Waals surface area contributed by atoms with E-state index >= 15 is 0 Å². The van der Waals surface area contributed by atoms with Gasteiger partial charge in [-0.05, 0) is 63.1 Å². The number of anilines is 1. The van der Waals surface area contributed by atoms with Gasteiger partial charge in [-0.25, -0.2) is 0 Å². The summed E-state index contributed by atoms with van der Waals surface area (Å²) in [5, 5.41) is 8.45. The highest BCUT2D eigenvalue weighted by Gasteiger charge is 2.28. The third kappa shape index (κ3) is 5.52. The van der Waals surface area contributed by atoms with Crippen molar-refractivity contribution < 1.29 is 9.47 Å². The van der Waals surface area contributed by atoms with Gasteiger partial charge in [0.25, 0.3) is 0 Å². The molecule has 1 saturated carbocycles. The summed E-state index contributed by atoms with van der Waals surface area (Å²) in [6.45, 7) is 5.46. The number of nitrogens with zero attached hydrogens (tertiary/aromatic N) is 4. The number of likely N-dealkylation sites (N-methyl/N-ethyl adjacent to an activating group) is 1. The van der Waals surface area contributed by atoms with Crippen LogP contribution in [0.5, 0.6) is 11.5 Å². The van der Waals surface area contributed by atoms with E-state index in [-0.39, 0.29) is 0 Å². The normalized spacial score (nSPS) is 21.3. The monoisotopic (exact) mass is 489 g/mol. The maximum absolute atomic E-state index is 5.51. The number of methoxy groups -OCH3 is 2. The van der Waals surface area contributed by atoms with E-state index in [4.69, 9.17) is 14.6 Å². The van der Waals surface area contributed by atoms with E-state index in [1.165, 1.54) is 51.9 Å². The lowest BCUT2D eigenvalue weighted by atomic mass is 9.90. The molecule has 2 heterocycles. The van der Waals surface area contributed by atoms with Gasteiger partial charge >= 0.3 is 0 Å². The molecule has 2 aliphatic rings. The Bertz CT molecular complexity index is 1090. The van der Waals surface area contributed by atoms with Crippen LogP contribution in [0.15, 0.2) is 54.7 Å². The highest BCUT2D eigenvalue weighted by molar-refractivity contribution is 5.62. The van der Waals surface area contributed by atoms with Gasteiger partial charge < -0.3 is 19.7 Å². The van der Waals surface area contributed by atoms with Crippen molar-refractivity contribution >= 4 is 5.69 Å². The van der Waals surface area contributed by atoms with Crippen LogP contribution in [0.4, 0.5) is 5.69 Å². The molecule has 0 atom stereocenters. The van der Waals surface area contributed by atoms with Gasteiger partial charge in [-0.15, -0.1) is 0 Å². The summed E-state index contributed by atoms with van der Waals surface area (Å²) >= 11 is 0. The molecule has 1 aromatic heterocycles. The van der Waals surface area contributed by atoms with Crippen molar-refractivity contribution in [1.29, 1.82) is 0 Å². The van der Waals surface area contributed by atoms with Crippen LogP contribution in [0.25, 0.3) is 11.3 Å². The number of hydrogen-bond acceptors (Lipinski definition) is 6. The number of benzene rings is 2. The number of aromatic nitrogens is 2. The molecule has 0 amide bonds. The number of piperazine rings is 1. The maximum Gasteiger partial charge on any atom is 0.127 e. The van der Waals surface area contributed by atoms with Crippen LogP contribution in [0.2, 0.25) is 0 Å². The Balaban J connectivity index is 1.16. The van der Waals surface area contributed by atoms with Crippen molar-refractivity contribution in [3.8, 4) is 22.8 Å². The highest BCUT2D eigenvalue weighted by Crippen LogP contribution is 2.33. The van der Waals surface area contributed by atoms with Crippen LogP contribution >= 0.6 is 0 Å². The third-order valence-electron chi connectivity index (χ3n) is 7.88.